The van der Waals surface area contributed by atoms with E-state index in [0.717, 1.165) is 0 Å². The molecular weight excluding hydrogens is 198 g/mol. The van der Waals surface area contributed by atoms with Crippen LogP contribution in [0.15, 0.2) is 18.2 Å². The molecule has 1 aromatic rings. The van der Waals surface area contributed by atoms with Crippen LogP contribution < -0.4 is 10.5 Å². The van der Waals surface area contributed by atoms with Gasteiger partial charge in [-0.25, -0.2) is 4.79 Å². The Morgan fingerprint density at radius 3 is 2.87 bits per heavy atom. The van der Waals surface area contributed by atoms with Crippen molar-refractivity contribution >= 4 is 11.7 Å². The normalized spacial score (nSPS) is 9.73. The van der Waals surface area contributed by atoms with E-state index < -0.39 is 5.97 Å². The van der Waals surface area contributed by atoms with Crippen LogP contribution in [-0.2, 0) is 4.74 Å². The summed E-state index contributed by atoms with van der Waals surface area (Å²) in [5, 5.41) is 8.61. The molecule has 15 heavy (non-hydrogen) atoms. The average molecular weight is 211 g/mol. The number of hydrogen-bond donors (Lipinski definition) is 2. The van der Waals surface area contributed by atoms with Gasteiger partial charge in [-0.05, 0) is 12.1 Å². The Bertz CT molecular complexity index is 351. The van der Waals surface area contributed by atoms with Crippen molar-refractivity contribution in [1.29, 1.82) is 0 Å². The molecule has 0 aliphatic heterocycles. The highest BCUT2D eigenvalue weighted by molar-refractivity contribution is 5.93. The Morgan fingerprint density at radius 2 is 2.27 bits per heavy atom. The second-order valence-electron chi connectivity index (χ2n) is 2.82. The van der Waals surface area contributed by atoms with Gasteiger partial charge in [0.1, 0.15) is 17.9 Å². The molecule has 0 heterocycles. The van der Waals surface area contributed by atoms with E-state index in [9.17, 15) is 4.79 Å². The Morgan fingerprint density at radius 1 is 1.53 bits per heavy atom. The van der Waals surface area contributed by atoms with Crippen molar-refractivity contribution in [3.05, 3.63) is 23.8 Å². The number of nitrogens with two attached hydrogens (primary N) is 1. The lowest BCUT2D eigenvalue weighted by Gasteiger charge is -2.09. The lowest BCUT2D eigenvalue weighted by Crippen LogP contribution is -2.08. The molecule has 0 saturated heterocycles. The molecule has 0 spiro atoms. The number of carbonyl (C=O) groups is 1. The summed E-state index contributed by atoms with van der Waals surface area (Å²) < 4.78 is 9.73. The van der Waals surface area contributed by atoms with Gasteiger partial charge in [-0.2, -0.15) is 0 Å². The average Bonchev–Trinajstić information content (AvgIpc) is 2.25. The van der Waals surface area contributed by atoms with Crippen molar-refractivity contribution in [3.8, 4) is 5.75 Å². The predicted octanol–water partition coefficient (Wildman–Crippen LogP) is 0.426. The summed E-state index contributed by atoms with van der Waals surface area (Å²) in [7, 11) is 1.29. The molecule has 3 N–H and O–H groups in total. The first-order valence-electron chi connectivity index (χ1n) is 4.40. The third-order valence-corrected chi connectivity index (χ3v) is 1.76. The first-order chi connectivity index (χ1) is 7.19. The van der Waals surface area contributed by atoms with Crippen LogP contribution in [0.4, 0.5) is 5.69 Å². The van der Waals surface area contributed by atoms with Crippen molar-refractivity contribution in [3.63, 3.8) is 0 Å². The Balaban J connectivity index is 2.97. The van der Waals surface area contributed by atoms with Gasteiger partial charge < -0.3 is 20.3 Å². The van der Waals surface area contributed by atoms with E-state index in [1.807, 2.05) is 0 Å². The van der Waals surface area contributed by atoms with Gasteiger partial charge in [0.05, 0.1) is 13.7 Å². The van der Waals surface area contributed by atoms with E-state index in [-0.39, 0.29) is 13.2 Å². The molecule has 0 unspecified atom stereocenters. The highest BCUT2D eigenvalue weighted by atomic mass is 16.5. The molecule has 1 rings (SSSR count). The van der Waals surface area contributed by atoms with Crippen LogP contribution in [0.2, 0.25) is 0 Å². The SMILES string of the molecule is COC(=O)c1ccc(N)cc1OCCO. The van der Waals surface area contributed by atoms with E-state index in [4.69, 9.17) is 15.6 Å². The highest BCUT2D eigenvalue weighted by Crippen LogP contribution is 2.22. The monoisotopic (exact) mass is 211 g/mol. The molecule has 0 bridgehead atoms. The van der Waals surface area contributed by atoms with Gasteiger partial charge in [-0.1, -0.05) is 0 Å². The minimum Gasteiger partial charge on any atom is -0.490 e. The fourth-order valence-corrected chi connectivity index (χ4v) is 1.09. The lowest BCUT2D eigenvalue weighted by molar-refractivity contribution is 0.0595. The molecule has 0 aliphatic rings. The fourth-order valence-electron chi connectivity index (χ4n) is 1.09. The molecule has 5 heteroatoms. The summed E-state index contributed by atoms with van der Waals surface area (Å²) >= 11 is 0. The van der Waals surface area contributed by atoms with Crippen molar-refractivity contribution in [2.24, 2.45) is 0 Å². The molecule has 1 aromatic carbocycles. The Kier molecular flexibility index (Phi) is 3.93. The van der Waals surface area contributed by atoms with E-state index in [0.29, 0.717) is 17.0 Å². The number of carbonyl (C=O) groups excluding carboxylic acids is 1. The van der Waals surface area contributed by atoms with Crippen LogP contribution in [-0.4, -0.2) is 31.4 Å². The van der Waals surface area contributed by atoms with Crippen LogP contribution in [0, 0.1) is 0 Å². The minimum atomic E-state index is -0.497. The predicted molar refractivity (Wildman–Crippen MR) is 54.8 cm³/mol. The molecule has 0 aliphatic carbocycles. The number of esters is 1. The second kappa shape index (κ2) is 5.21. The van der Waals surface area contributed by atoms with Gasteiger partial charge >= 0.3 is 5.97 Å². The summed E-state index contributed by atoms with van der Waals surface area (Å²) in [5.74, 6) is -0.182. The summed E-state index contributed by atoms with van der Waals surface area (Å²) in [6, 6.07) is 4.62. The largest absolute Gasteiger partial charge is 0.490 e. The fraction of sp³-hybridized carbons (Fsp3) is 0.300. The number of hydrogen-bond acceptors (Lipinski definition) is 5. The smallest absolute Gasteiger partial charge is 0.341 e. The van der Waals surface area contributed by atoms with E-state index in [1.54, 1.807) is 6.07 Å². The van der Waals surface area contributed by atoms with Gasteiger partial charge in [0.25, 0.3) is 0 Å². The van der Waals surface area contributed by atoms with E-state index >= 15 is 0 Å². The molecule has 0 atom stereocenters. The number of aliphatic hydroxyl groups is 1. The van der Waals surface area contributed by atoms with Crippen LogP contribution in [0.1, 0.15) is 10.4 Å². The molecule has 0 amide bonds. The maximum Gasteiger partial charge on any atom is 0.341 e. The molecule has 0 radical (unpaired) electrons. The zero-order chi connectivity index (χ0) is 11.3. The number of rotatable bonds is 4. The topological polar surface area (TPSA) is 81.8 Å². The number of aliphatic hydroxyl groups excluding tert-OH is 1. The maximum atomic E-state index is 11.3. The second-order valence-corrected chi connectivity index (χ2v) is 2.82. The molecule has 5 nitrogen and oxygen atoms in total. The van der Waals surface area contributed by atoms with Crippen LogP contribution in [0.25, 0.3) is 0 Å². The molecule has 0 saturated carbocycles. The van der Waals surface area contributed by atoms with Gasteiger partial charge in [-0.15, -0.1) is 0 Å². The van der Waals surface area contributed by atoms with Crippen molar-refractivity contribution in [2.45, 2.75) is 0 Å². The number of ether oxygens (including phenoxy) is 2. The molecule has 0 aromatic heterocycles. The van der Waals surface area contributed by atoms with Gasteiger partial charge in [-0.3, -0.25) is 0 Å². The zero-order valence-electron chi connectivity index (χ0n) is 8.40. The first-order valence-corrected chi connectivity index (χ1v) is 4.40. The van der Waals surface area contributed by atoms with Crippen molar-refractivity contribution in [1.82, 2.24) is 0 Å². The number of methoxy groups -OCH3 is 1. The number of benzene rings is 1. The molecule has 0 fully saturated rings. The van der Waals surface area contributed by atoms with E-state index in [2.05, 4.69) is 4.74 Å². The minimum absolute atomic E-state index is 0.105. The van der Waals surface area contributed by atoms with Crippen molar-refractivity contribution in [2.75, 3.05) is 26.1 Å². The van der Waals surface area contributed by atoms with E-state index in [1.165, 1.54) is 19.2 Å². The summed E-state index contributed by atoms with van der Waals surface area (Å²) in [4.78, 5) is 11.3. The Hall–Kier alpha value is -1.75. The lowest BCUT2D eigenvalue weighted by atomic mass is 10.2. The third-order valence-electron chi connectivity index (χ3n) is 1.76. The summed E-state index contributed by atoms with van der Waals surface area (Å²) in [6.07, 6.45) is 0. The quantitative estimate of drug-likeness (QED) is 0.557. The third kappa shape index (κ3) is 2.85. The summed E-state index contributed by atoms with van der Waals surface area (Å²) in [5.41, 5.74) is 6.32. The zero-order valence-corrected chi connectivity index (χ0v) is 8.40. The maximum absolute atomic E-state index is 11.3. The first kappa shape index (κ1) is 11.3. The standard InChI is InChI=1S/C10H13NO4/c1-14-10(13)8-3-2-7(11)6-9(8)15-5-4-12/h2-3,6,12H,4-5,11H2,1H3. The molecular formula is C10H13NO4. The van der Waals surface area contributed by atoms with Gasteiger partial charge in [0.15, 0.2) is 0 Å². The number of anilines is 1. The van der Waals surface area contributed by atoms with Gasteiger partial charge in [0.2, 0.25) is 0 Å². The number of nitrogen functional groups attached to an aromatic ring is 1. The van der Waals surface area contributed by atoms with Crippen LogP contribution >= 0.6 is 0 Å². The Labute approximate surface area is 87.4 Å². The van der Waals surface area contributed by atoms with Gasteiger partial charge in [0, 0.05) is 11.8 Å². The van der Waals surface area contributed by atoms with Crippen molar-refractivity contribution < 1.29 is 19.4 Å². The molecule has 82 valence electrons. The van der Waals surface area contributed by atoms with Crippen LogP contribution in [0.5, 0.6) is 5.75 Å². The highest BCUT2D eigenvalue weighted by Gasteiger charge is 2.12. The van der Waals surface area contributed by atoms with Crippen LogP contribution in [0.3, 0.4) is 0 Å². The summed E-state index contributed by atoms with van der Waals surface area (Å²) in [6.45, 7) is -0.0249.